The van der Waals surface area contributed by atoms with Gasteiger partial charge in [0, 0.05) is 6.54 Å². The molecule has 1 unspecified atom stereocenters. The minimum Gasteiger partial charge on any atom is -0.384 e. The van der Waals surface area contributed by atoms with Crippen LogP contribution >= 0.6 is 0 Å². The van der Waals surface area contributed by atoms with Gasteiger partial charge in [0.15, 0.2) is 5.78 Å². The van der Waals surface area contributed by atoms with E-state index in [0.717, 1.165) is 6.42 Å². The predicted octanol–water partition coefficient (Wildman–Crippen LogP) is -0.159. The number of ketones is 1. The highest BCUT2D eigenvalue weighted by Crippen LogP contribution is 1.87. The average molecular weight is 143 g/mol. The molecule has 3 N–H and O–H groups in total. The Morgan fingerprint density at radius 2 is 2.40 bits per heavy atom. The lowest BCUT2D eigenvalue weighted by atomic mass is 10.2. The summed E-state index contributed by atoms with van der Waals surface area (Å²) in [6, 6.07) is 0. The largest absolute Gasteiger partial charge is 0.384 e. The van der Waals surface area contributed by atoms with Crippen molar-refractivity contribution >= 4 is 5.78 Å². The number of rotatable bonds is 4. The zero-order valence-corrected chi connectivity index (χ0v) is 6.08. The summed E-state index contributed by atoms with van der Waals surface area (Å²) in [5.74, 6) is -0.315. The van der Waals surface area contributed by atoms with Crippen molar-refractivity contribution in [1.82, 2.24) is 0 Å². The number of allylic oxidation sites excluding steroid dienone is 1. The van der Waals surface area contributed by atoms with Crippen LogP contribution in [0.4, 0.5) is 0 Å². The molecular weight excluding hydrogens is 130 g/mol. The molecule has 0 aromatic carbocycles. The van der Waals surface area contributed by atoms with Gasteiger partial charge in [-0.05, 0) is 12.5 Å². The highest BCUT2D eigenvalue weighted by atomic mass is 16.3. The Bertz CT molecular complexity index is 132. The fourth-order valence-corrected chi connectivity index (χ4v) is 0.461. The topological polar surface area (TPSA) is 63.3 Å². The van der Waals surface area contributed by atoms with E-state index >= 15 is 0 Å². The van der Waals surface area contributed by atoms with Gasteiger partial charge in [0.2, 0.25) is 0 Å². The number of carbonyl (C=O) groups excluding carboxylic acids is 1. The molecule has 0 bridgehead atoms. The van der Waals surface area contributed by atoms with E-state index in [1.165, 1.54) is 6.08 Å². The van der Waals surface area contributed by atoms with Crippen LogP contribution in [0.15, 0.2) is 12.2 Å². The summed E-state index contributed by atoms with van der Waals surface area (Å²) in [7, 11) is 0. The molecule has 0 saturated heterocycles. The average Bonchev–Trinajstić information content (AvgIpc) is 1.98. The van der Waals surface area contributed by atoms with E-state index in [1.54, 1.807) is 6.08 Å². The second kappa shape index (κ2) is 5.14. The van der Waals surface area contributed by atoms with Gasteiger partial charge >= 0.3 is 0 Å². The summed E-state index contributed by atoms with van der Waals surface area (Å²) in [6.07, 6.45) is 2.82. The van der Waals surface area contributed by atoms with Gasteiger partial charge in [0.1, 0.15) is 6.10 Å². The highest BCUT2D eigenvalue weighted by molar-refractivity contribution is 5.93. The molecule has 0 aromatic heterocycles. The summed E-state index contributed by atoms with van der Waals surface area (Å²) in [4.78, 5) is 10.7. The Hall–Kier alpha value is -0.670. The van der Waals surface area contributed by atoms with Gasteiger partial charge < -0.3 is 10.8 Å². The number of aliphatic hydroxyl groups excluding tert-OH is 1. The molecule has 0 fully saturated rings. The number of hydrogen-bond acceptors (Lipinski definition) is 3. The van der Waals surface area contributed by atoms with Crippen molar-refractivity contribution in [3.63, 3.8) is 0 Å². The Morgan fingerprint density at radius 3 is 2.80 bits per heavy atom. The van der Waals surface area contributed by atoms with Crippen molar-refractivity contribution in [3.8, 4) is 0 Å². The molecule has 0 saturated carbocycles. The Balaban J connectivity index is 3.72. The lowest BCUT2D eigenvalue weighted by Crippen LogP contribution is -2.27. The third-order valence-corrected chi connectivity index (χ3v) is 1.07. The van der Waals surface area contributed by atoms with Crippen molar-refractivity contribution in [1.29, 1.82) is 0 Å². The third kappa shape index (κ3) is 3.37. The summed E-state index contributed by atoms with van der Waals surface area (Å²) in [5.41, 5.74) is 5.04. The van der Waals surface area contributed by atoms with Gasteiger partial charge in [0.25, 0.3) is 0 Å². The maximum atomic E-state index is 10.7. The second-order valence-corrected chi connectivity index (χ2v) is 1.96. The van der Waals surface area contributed by atoms with E-state index in [1.807, 2.05) is 6.92 Å². The van der Waals surface area contributed by atoms with Crippen LogP contribution in [0.25, 0.3) is 0 Å². The van der Waals surface area contributed by atoms with E-state index in [2.05, 4.69) is 0 Å². The minimum absolute atomic E-state index is 0.00706. The third-order valence-electron chi connectivity index (χ3n) is 1.07. The van der Waals surface area contributed by atoms with Gasteiger partial charge in [0.05, 0.1) is 0 Å². The fourth-order valence-electron chi connectivity index (χ4n) is 0.461. The Labute approximate surface area is 60.5 Å². The molecule has 10 heavy (non-hydrogen) atoms. The van der Waals surface area contributed by atoms with Gasteiger partial charge in [-0.25, -0.2) is 0 Å². The first-order valence-electron chi connectivity index (χ1n) is 3.30. The quantitative estimate of drug-likeness (QED) is 0.537. The number of hydrogen-bond donors (Lipinski definition) is 2. The molecule has 58 valence electrons. The number of nitrogens with two attached hydrogens (primary N) is 1. The predicted molar refractivity (Wildman–Crippen MR) is 39.5 cm³/mol. The minimum atomic E-state index is -1.03. The van der Waals surface area contributed by atoms with E-state index in [4.69, 9.17) is 10.8 Å². The second-order valence-electron chi connectivity index (χ2n) is 1.96. The normalized spacial score (nSPS) is 13.9. The molecule has 0 aromatic rings. The van der Waals surface area contributed by atoms with E-state index < -0.39 is 6.10 Å². The van der Waals surface area contributed by atoms with E-state index in [9.17, 15) is 4.79 Å². The summed E-state index contributed by atoms with van der Waals surface area (Å²) in [5, 5.41) is 8.83. The number of carbonyl (C=O) groups is 1. The van der Waals surface area contributed by atoms with E-state index in [-0.39, 0.29) is 12.3 Å². The molecule has 3 nitrogen and oxygen atoms in total. The zero-order chi connectivity index (χ0) is 7.98. The molecule has 0 spiro atoms. The fraction of sp³-hybridized carbons (Fsp3) is 0.571. The molecule has 0 radical (unpaired) electrons. The van der Waals surface area contributed by atoms with Crippen LogP contribution in [0.5, 0.6) is 0 Å². The van der Waals surface area contributed by atoms with Crippen molar-refractivity contribution in [2.45, 2.75) is 19.4 Å². The monoisotopic (exact) mass is 143 g/mol. The van der Waals surface area contributed by atoms with Gasteiger partial charge in [-0.1, -0.05) is 13.0 Å². The molecule has 0 aliphatic rings. The van der Waals surface area contributed by atoms with Gasteiger partial charge in [-0.15, -0.1) is 0 Å². The van der Waals surface area contributed by atoms with E-state index in [0.29, 0.717) is 0 Å². The first kappa shape index (κ1) is 9.33. The lowest BCUT2D eigenvalue weighted by molar-refractivity contribution is -0.121. The van der Waals surface area contributed by atoms with Crippen molar-refractivity contribution in [2.24, 2.45) is 5.73 Å². The maximum absolute atomic E-state index is 10.7. The lowest BCUT2D eigenvalue weighted by Gasteiger charge is -1.99. The maximum Gasteiger partial charge on any atom is 0.185 e. The van der Waals surface area contributed by atoms with Gasteiger partial charge in [-0.2, -0.15) is 0 Å². The Morgan fingerprint density at radius 1 is 1.80 bits per heavy atom. The molecule has 0 rings (SSSR count). The summed E-state index contributed by atoms with van der Waals surface area (Å²) < 4.78 is 0. The highest BCUT2D eigenvalue weighted by Gasteiger charge is 2.07. The summed E-state index contributed by atoms with van der Waals surface area (Å²) in [6.45, 7) is 1.91. The molecular formula is C7H13NO2. The molecule has 0 heterocycles. The number of aliphatic hydroxyl groups is 1. The molecule has 3 heteroatoms. The van der Waals surface area contributed by atoms with Crippen LogP contribution in [0, 0.1) is 0 Å². The smallest absolute Gasteiger partial charge is 0.185 e. The first-order valence-corrected chi connectivity index (χ1v) is 3.30. The van der Waals surface area contributed by atoms with Crippen molar-refractivity contribution in [3.05, 3.63) is 12.2 Å². The van der Waals surface area contributed by atoms with Crippen LogP contribution in [0.1, 0.15) is 13.3 Å². The van der Waals surface area contributed by atoms with Crippen LogP contribution in [-0.4, -0.2) is 23.5 Å². The molecule has 1 atom stereocenters. The molecule has 0 aliphatic carbocycles. The van der Waals surface area contributed by atoms with Crippen LogP contribution in [-0.2, 0) is 4.79 Å². The molecule has 0 amide bonds. The molecule has 0 aliphatic heterocycles. The SMILES string of the molecule is CC/C=C/C(=O)C(O)CN. The standard InChI is InChI=1S/C7H13NO2/c1-2-3-4-6(9)7(10)5-8/h3-4,7,10H,2,5,8H2,1H3/b4-3+. The van der Waals surface area contributed by atoms with Crippen molar-refractivity contribution in [2.75, 3.05) is 6.54 Å². The first-order chi connectivity index (χ1) is 4.72. The van der Waals surface area contributed by atoms with Crippen LogP contribution < -0.4 is 5.73 Å². The summed E-state index contributed by atoms with van der Waals surface area (Å²) >= 11 is 0. The van der Waals surface area contributed by atoms with Crippen LogP contribution in [0.2, 0.25) is 0 Å². The zero-order valence-electron chi connectivity index (χ0n) is 6.08. The van der Waals surface area contributed by atoms with Gasteiger partial charge in [-0.3, -0.25) is 4.79 Å². The van der Waals surface area contributed by atoms with Crippen molar-refractivity contribution < 1.29 is 9.90 Å². The Kier molecular flexibility index (Phi) is 4.80. The van der Waals surface area contributed by atoms with Crippen LogP contribution in [0.3, 0.4) is 0 Å².